The summed E-state index contributed by atoms with van der Waals surface area (Å²) >= 11 is 2.03. The molecule has 0 aliphatic heterocycles. The Morgan fingerprint density at radius 3 is 2.76 bits per heavy atom. The van der Waals surface area contributed by atoms with Gasteiger partial charge < -0.3 is 0 Å². The third kappa shape index (κ3) is 2.52. The standard InChI is InChI=1S/C22H30O2S/c1-4-11-25-19-13-15-16-5-6-20(24)22(16,3)10-8-17(15)21(2)9-7-14(23)12-18(19)21/h7,9,12,15-17,19H,4-6,8,10-11,13H2,1-3H3/t15-,16-,17-,19+,21+,22-/m0/s1. The molecule has 0 radical (unpaired) electrons. The van der Waals surface area contributed by atoms with Crippen LogP contribution in [0.2, 0.25) is 0 Å². The van der Waals surface area contributed by atoms with Crippen molar-refractivity contribution < 1.29 is 9.59 Å². The summed E-state index contributed by atoms with van der Waals surface area (Å²) in [6.45, 7) is 6.83. The lowest BCUT2D eigenvalue weighted by atomic mass is 9.48. The van der Waals surface area contributed by atoms with Gasteiger partial charge in [-0.1, -0.05) is 26.8 Å². The fraction of sp³-hybridized carbons (Fsp3) is 0.727. The molecule has 4 aliphatic rings. The minimum absolute atomic E-state index is 0.00913. The van der Waals surface area contributed by atoms with Gasteiger partial charge in [-0.3, -0.25) is 9.59 Å². The Morgan fingerprint density at radius 1 is 1.20 bits per heavy atom. The molecule has 3 heteroatoms. The van der Waals surface area contributed by atoms with Crippen molar-refractivity contribution in [1.29, 1.82) is 0 Å². The van der Waals surface area contributed by atoms with Crippen LogP contribution >= 0.6 is 11.8 Å². The van der Waals surface area contributed by atoms with E-state index >= 15 is 0 Å². The van der Waals surface area contributed by atoms with Crippen LogP contribution in [0, 0.1) is 28.6 Å². The Balaban J connectivity index is 1.73. The van der Waals surface area contributed by atoms with Gasteiger partial charge in [0.05, 0.1) is 0 Å². The Bertz CT molecular complexity index is 663. The molecule has 0 bridgehead atoms. The molecule has 0 aromatic carbocycles. The van der Waals surface area contributed by atoms with Crippen LogP contribution in [-0.4, -0.2) is 22.6 Å². The minimum atomic E-state index is -0.0765. The summed E-state index contributed by atoms with van der Waals surface area (Å²) < 4.78 is 0. The van der Waals surface area contributed by atoms with Gasteiger partial charge in [0.15, 0.2) is 5.78 Å². The quantitative estimate of drug-likeness (QED) is 0.713. The first kappa shape index (κ1) is 17.6. The summed E-state index contributed by atoms with van der Waals surface area (Å²) in [5, 5.41) is 0.443. The maximum absolute atomic E-state index is 12.6. The van der Waals surface area contributed by atoms with E-state index in [9.17, 15) is 9.59 Å². The van der Waals surface area contributed by atoms with E-state index in [-0.39, 0.29) is 16.6 Å². The number of allylic oxidation sites excluding steroid dienone is 3. The number of hydrogen-bond acceptors (Lipinski definition) is 3. The summed E-state index contributed by atoms with van der Waals surface area (Å²) in [5.41, 5.74) is 1.30. The van der Waals surface area contributed by atoms with E-state index in [1.807, 2.05) is 17.8 Å². The highest BCUT2D eigenvalue weighted by Crippen LogP contribution is 2.64. The maximum Gasteiger partial charge on any atom is 0.178 e. The monoisotopic (exact) mass is 358 g/mol. The van der Waals surface area contributed by atoms with Crippen LogP contribution in [-0.2, 0) is 9.59 Å². The van der Waals surface area contributed by atoms with Crippen molar-refractivity contribution in [2.75, 3.05) is 5.75 Å². The molecule has 3 fully saturated rings. The van der Waals surface area contributed by atoms with E-state index in [1.165, 1.54) is 12.0 Å². The maximum atomic E-state index is 12.6. The molecule has 0 aromatic heterocycles. The molecular formula is C22H30O2S. The molecule has 0 unspecified atom stereocenters. The molecule has 2 nitrogen and oxygen atoms in total. The van der Waals surface area contributed by atoms with Gasteiger partial charge in [0, 0.05) is 22.5 Å². The van der Waals surface area contributed by atoms with E-state index in [0.717, 1.165) is 37.9 Å². The zero-order valence-electron chi connectivity index (χ0n) is 15.7. The summed E-state index contributed by atoms with van der Waals surface area (Å²) in [4.78, 5) is 24.7. The second-order valence-corrected chi connectivity index (χ2v) is 10.3. The Kier molecular flexibility index (Phi) is 4.30. The van der Waals surface area contributed by atoms with Gasteiger partial charge in [-0.05, 0) is 73.3 Å². The molecule has 0 heterocycles. The number of hydrogen-bond donors (Lipinski definition) is 0. The Morgan fingerprint density at radius 2 is 2.00 bits per heavy atom. The lowest BCUT2D eigenvalue weighted by molar-refractivity contribution is -0.131. The first-order chi connectivity index (χ1) is 11.9. The molecule has 136 valence electrons. The van der Waals surface area contributed by atoms with Crippen LogP contribution in [0.3, 0.4) is 0 Å². The molecule has 4 rings (SSSR count). The molecule has 0 spiro atoms. The van der Waals surface area contributed by atoms with Gasteiger partial charge in [0.2, 0.25) is 0 Å². The van der Waals surface area contributed by atoms with Crippen molar-refractivity contribution in [3.63, 3.8) is 0 Å². The Labute approximate surface area is 155 Å². The Hall–Kier alpha value is -0.830. The second-order valence-electron chi connectivity index (χ2n) is 9.01. The van der Waals surface area contributed by atoms with Crippen LogP contribution < -0.4 is 0 Å². The molecule has 0 aromatic rings. The second kappa shape index (κ2) is 6.11. The summed E-state index contributed by atoms with van der Waals surface area (Å²) in [6.07, 6.45) is 12.3. The van der Waals surface area contributed by atoms with Crippen LogP contribution in [0.15, 0.2) is 23.8 Å². The molecule has 0 amide bonds. The average Bonchev–Trinajstić information content (AvgIpc) is 2.89. The van der Waals surface area contributed by atoms with E-state index < -0.39 is 0 Å². The van der Waals surface area contributed by atoms with Crippen LogP contribution in [0.5, 0.6) is 0 Å². The van der Waals surface area contributed by atoms with Gasteiger partial charge in [-0.15, -0.1) is 0 Å². The molecule has 4 aliphatic carbocycles. The topological polar surface area (TPSA) is 34.1 Å². The molecule has 6 atom stereocenters. The fourth-order valence-corrected chi connectivity index (χ4v) is 7.79. The van der Waals surface area contributed by atoms with Gasteiger partial charge in [0.25, 0.3) is 0 Å². The summed E-state index contributed by atoms with van der Waals surface area (Å²) in [7, 11) is 0. The van der Waals surface area contributed by atoms with Crippen LogP contribution in [0.4, 0.5) is 0 Å². The molecule has 0 N–H and O–H groups in total. The zero-order chi connectivity index (χ0) is 17.8. The highest BCUT2D eigenvalue weighted by Gasteiger charge is 2.60. The number of rotatable bonds is 3. The average molecular weight is 359 g/mol. The number of fused-ring (bicyclic) bond motifs is 5. The van der Waals surface area contributed by atoms with Crippen molar-refractivity contribution in [3.05, 3.63) is 23.8 Å². The molecule has 25 heavy (non-hydrogen) atoms. The normalized spacial score (nSPS) is 45.6. The molecule has 3 saturated carbocycles. The molecule has 0 saturated heterocycles. The summed E-state index contributed by atoms with van der Waals surface area (Å²) in [6, 6.07) is 0. The van der Waals surface area contributed by atoms with Crippen molar-refractivity contribution in [3.8, 4) is 0 Å². The van der Waals surface area contributed by atoms with Crippen molar-refractivity contribution in [1.82, 2.24) is 0 Å². The first-order valence-electron chi connectivity index (χ1n) is 10.0. The van der Waals surface area contributed by atoms with Gasteiger partial charge >= 0.3 is 0 Å². The third-order valence-electron chi connectivity index (χ3n) is 7.79. The van der Waals surface area contributed by atoms with Crippen LogP contribution in [0.1, 0.15) is 59.3 Å². The van der Waals surface area contributed by atoms with E-state index in [1.54, 1.807) is 6.08 Å². The van der Waals surface area contributed by atoms with Gasteiger partial charge in [-0.25, -0.2) is 0 Å². The van der Waals surface area contributed by atoms with Gasteiger partial charge in [-0.2, -0.15) is 11.8 Å². The predicted octanol–water partition coefficient (Wildman–Crippen LogP) is 4.99. The number of Topliss-reactive ketones (excluding diaryl/α,β-unsaturated/α-hetero) is 1. The van der Waals surface area contributed by atoms with Crippen molar-refractivity contribution >= 4 is 23.3 Å². The van der Waals surface area contributed by atoms with E-state index in [0.29, 0.717) is 28.8 Å². The highest BCUT2D eigenvalue weighted by atomic mass is 32.2. The van der Waals surface area contributed by atoms with Crippen molar-refractivity contribution in [2.45, 2.75) is 64.5 Å². The van der Waals surface area contributed by atoms with E-state index in [2.05, 4.69) is 26.8 Å². The predicted molar refractivity (Wildman–Crippen MR) is 104 cm³/mol. The van der Waals surface area contributed by atoms with Crippen LogP contribution in [0.25, 0.3) is 0 Å². The number of carbonyl (C=O) groups excluding carboxylic acids is 2. The van der Waals surface area contributed by atoms with E-state index in [4.69, 9.17) is 0 Å². The largest absolute Gasteiger partial charge is 0.299 e. The smallest absolute Gasteiger partial charge is 0.178 e. The third-order valence-corrected chi connectivity index (χ3v) is 9.28. The number of thioether (sulfide) groups is 1. The lowest BCUT2D eigenvalue weighted by Crippen LogP contribution is -2.52. The number of carbonyl (C=O) groups is 2. The van der Waals surface area contributed by atoms with Crippen molar-refractivity contribution in [2.24, 2.45) is 28.6 Å². The zero-order valence-corrected chi connectivity index (χ0v) is 16.5. The lowest BCUT2D eigenvalue weighted by Gasteiger charge is -2.57. The fourth-order valence-electron chi connectivity index (χ4n) is 6.41. The highest BCUT2D eigenvalue weighted by molar-refractivity contribution is 8.00. The first-order valence-corrected chi connectivity index (χ1v) is 11.0. The number of ketones is 2. The molecular weight excluding hydrogens is 328 g/mol. The van der Waals surface area contributed by atoms with Gasteiger partial charge in [0.1, 0.15) is 5.78 Å². The summed E-state index contributed by atoms with van der Waals surface area (Å²) in [5.74, 6) is 3.58. The SMILES string of the molecule is CCCS[C@@H]1C[C@@H]2[C@H](CC[C@]3(C)C(=O)CC[C@@H]23)[C@@]2(C)C=CC(=O)C=C12. The minimum Gasteiger partial charge on any atom is -0.299 e.